The lowest BCUT2D eigenvalue weighted by Crippen LogP contribution is -2.36. The van der Waals surface area contributed by atoms with E-state index in [2.05, 4.69) is 4.98 Å². The number of fused-ring (bicyclic) bond motifs is 1. The average molecular weight is 440 g/mol. The topological polar surface area (TPSA) is 36.4 Å². The van der Waals surface area contributed by atoms with Crippen LogP contribution in [0.3, 0.4) is 0 Å². The van der Waals surface area contributed by atoms with Crippen LogP contribution in [0.25, 0.3) is 10.2 Å². The van der Waals surface area contributed by atoms with Crippen molar-refractivity contribution in [1.82, 2.24) is 9.88 Å². The van der Waals surface area contributed by atoms with E-state index in [1.165, 1.54) is 17.4 Å². The van der Waals surface area contributed by atoms with E-state index in [-0.39, 0.29) is 24.1 Å². The van der Waals surface area contributed by atoms with Gasteiger partial charge in [0.1, 0.15) is 11.3 Å². The molecule has 1 heterocycles. The van der Waals surface area contributed by atoms with Gasteiger partial charge in [-0.05, 0) is 38.4 Å². The number of amides is 1. The standard InChI is InChI=1S/C20H22FN3OS2.ClH/c1-23(2)12-13-24(18(25)11-14-26-15-7-4-3-5-8-15)20-22-19-16(21)9-6-10-17(19)27-20;/h3-10H,11-14H2,1-2H3;1H. The minimum absolute atomic E-state index is 0. The highest BCUT2D eigenvalue weighted by atomic mass is 35.5. The lowest BCUT2D eigenvalue weighted by atomic mass is 10.3. The van der Waals surface area contributed by atoms with Gasteiger partial charge >= 0.3 is 0 Å². The number of rotatable bonds is 8. The summed E-state index contributed by atoms with van der Waals surface area (Å²) in [5.74, 6) is 0.356. The number of carbonyl (C=O) groups is 1. The van der Waals surface area contributed by atoms with Gasteiger partial charge in [-0.25, -0.2) is 9.37 Å². The molecule has 3 rings (SSSR count). The Morgan fingerprint density at radius 2 is 1.86 bits per heavy atom. The van der Waals surface area contributed by atoms with Gasteiger partial charge in [0, 0.05) is 30.2 Å². The number of halogens is 2. The Labute approximate surface area is 179 Å². The third-order valence-corrected chi connectivity index (χ3v) is 6.05. The molecule has 0 N–H and O–H groups in total. The molecular formula is C20H23ClFN3OS2. The van der Waals surface area contributed by atoms with Crippen molar-refractivity contribution in [2.24, 2.45) is 0 Å². The highest BCUT2D eigenvalue weighted by molar-refractivity contribution is 7.99. The Morgan fingerprint density at radius 1 is 1.11 bits per heavy atom. The fraction of sp³-hybridized carbons (Fsp3) is 0.300. The van der Waals surface area contributed by atoms with Gasteiger partial charge < -0.3 is 4.90 Å². The smallest absolute Gasteiger partial charge is 0.229 e. The molecule has 0 unspecified atom stereocenters. The van der Waals surface area contributed by atoms with E-state index in [0.717, 1.165) is 16.1 Å². The van der Waals surface area contributed by atoms with E-state index in [0.29, 0.717) is 29.4 Å². The summed E-state index contributed by atoms with van der Waals surface area (Å²) in [6.07, 6.45) is 0.408. The molecule has 0 saturated carbocycles. The lowest BCUT2D eigenvalue weighted by molar-refractivity contribution is -0.118. The van der Waals surface area contributed by atoms with Crippen molar-refractivity contribution in [3.8, 4) is 0 Å². The molecule has 150 valence electrons. The zero-order valence-corrected chi connectivity index (χ0v) is 18.2. The Hall–Kier alpha value is -1.67. The minimum Gasteiger partial charge on any atom is -0.308 e. The van der Waals surface area contributed by atoms with Crippen LogP contribution >= 0.6 is 35.5 Å². The predicted octanol–water partition coefficient (Wildman–Crippen LogP) is 4.93. The Balaban J connectivity index is 0.00000280. The second-order valence-corrected chi connectivity index (χ2v) is 8.52. The van der Waals surface area contributed by atoms with Crippen LogP contribution in [0, 0.1) is 5.82 Å². The molecule has 1 aromatic heterocycles. The number of hydrogen-bond donors (Lipinski definition) is 0. The van der Waals surface area contributed by atoms with Crippen LogP contribution in [0.5, 0.6) is 0 Å². The maximum absolute atomic E-state index is 14.0. The van der Waals surface area contributed by atoms with E-state index in [9.17, 15) is 9.18 Å². The van der Waals surface area contributed by atoms with Gasteiger partial charge in [-0.3, -0.25) is 9.69 Å². The molecule has 1 amide bonds. The summed E-state index contributed by atoms with van der Waals surface area (Å²) in [6.45, 7) is 1.25. The van der Waals surface area contributed by atoms with Crippen molar-refractivity contribution in [2.75, 3.05) is 37.8 Å². The summed E-state index contributed by atoms with van der Waals surface area (Å²) in [5.41, 5.74) is 0.332. The average Bonchev–Trinajstić information content (AvgIpc) is 3.08. The summed E-state index contributed by atoms with van der Waals surface area (Å²) < 4.78 is 14.8. The van der Waals surface area contributed by atoms with Gasteiger partial charge in [0.2, 0.25) is 5.91 Å². The van der Waals surface area contributed by atoms with E-state index in [1.54, 1.807) is 22.7 Å². The third-order valence-electron chi connectivity index (χ3n) is 3.99. The molecule has 0 atom stereocenters. The van der Waals surface area contributed by atoms with E-state index < -0.39 is 0 Å². The van der Waals surface area contributed by atoms with E-state index >= 15 is 0 Å². The Bertz CT molecular complexity index is 905. The molecule has 0 aliphatic rings. The number of benzene rings is 2. The van der Waals surface area contributed by atoms with Gasteiger partial charge in [-0.1, -0.05) is 35.6 Å². The monoisotopic (exact) mass is 439 g/mol. The number of anilines is 1. The number of aromatic nitrogens is 1. The normalized spacial score (nSPS) is 10.9. The number of thioether (sulfide) groups is 1. The van der Waals surface area contributed by atoms with Crippen LogP contribution in [-0.2, 0) is 4.79 Å². The minimum atomic E-state index is -0.352. The molecular weight excluding hydrogens is 417 g/mol. The van der Waals surface area contributed by atoms with Gasteiger partial charge in [-0.2, -0.15) is 0 Å². The maximum Gasteiger partial charge on any atom is 0.229 e. The molecule has 0 aliphatic carbocycles. The van der Waals surface area contributed by atoms with Gasteiger partial charge in [-0.15, -0.1) is 24.2 Å². The molecule has 0 aliphatic heterocycles. The van der Waals surface area contributed by atoms with Crippen molar-refractivity contribution in [3.05, 3.63) is 54.3 Å². The van der Waals surface area contributed by atoms with E-state index in [1.807, 2.05) is 55.4 Å². The van der Waals surface area contributed by atoms with Gasteiger partial charge in [0.25, 0.3) is 0 Å². The summed E-state index contributed by atoms with van der Waals surface area (Å²) in [5, 5.41) is 0.562. The summed E-state index contributed by atoms with van der Waals surface area (Å²) in [4.78, 5) is 22.1. The van der Waals surface area contributed by atoms with Crippen molar-refractivity contribution in [1.29, 1.82) is 0 Å². The summed E-state index contributed by atoms with van der Waals surface area (Å²) >= 11 is 3.02. The van der Waals surface area contributed by atoms with Crippen LogP contribution in [0.1, 0.15) is 6.42 Å². The molecule has 0 saturated heterocycles. The Kier molecular flexibility index (Phi) is 8.69. The third kappa shape index (κ3) is 5.91. The van der Waals surface area contributed by atoms with Crippen LogP contribution in [0.4, 0.5) is 9.52 Å². The van der Waals surface area contributed by atoms with Gasteiger partial charge in [0.05, 0.1) is 4.70 Å². The molecule has 0 radical (unpaired) electrons. The summed E-state index contributed by atoms with van der Waals surface area (Å²) in [6, 6.07) is 14.9. The molecule has 28 heavy (non-hydrogen) atoms. The molecule has 2 aromatic carbocycles. The van der Waals surface area contributed by atoms with Crippen molar-refractivity contribution in [2.45, 2.75) is 11.3 Å². The first-order valence-corrected chi connectivity index (χ1v) is 10.5. The zero-order valence-electron chi connectivity index (χ0n) is 15.8. The molecule has 0 fully saturated rings. The first-order valence-electron chi connectivity index (χ1n) is 8.72. The number of thiazole rings is 1. The first kappa shape index (κ1) is 22.6. The molecule has 8 heteroatoms. The van der Waals surface area contributed by atoms with Crippen LogP contribution in [-0.4, -0.2) is 48.7 Å². The fourth-order valence-corrected chi connectivity index (χ4v) is 4.44. The first-order chi connectivity index (χ1) is 13.0. The quantitative estimate of drug-likeness (QED) is 0.466. The maximum atomic E-state index is 14.0. The van der Waals surface area contributed by atoms with Crippen molar-refractivity contribution < 1.29 is 9.18 Å². The number of carbonyl (C=O) groups excluding carboxylic acids is 1. The fourth-order valence-electron chi connectivity index (χ4n) is 2.55. The van der Waals surface area contributed by atoms with Crippen molar-refractivity contribution in [3.63, 3.8) is 0 Å². The second-order valence-electron chi connectivity index (χ2n) is 6.34. The van der Waals surface area contributed by atoms with E-state index in [4.69, 9.17) is 0 Å². The zero-order chi connectivity index (χ0) is 19.2. The second kappa shape index (κ2) is 10.8. The van der Waals surface area contributed by atoms with Crippen LogP contribution in [0.2, 0.25) is 0 Å². The molecule has 0 bridgehead atoms. The number of likely N-dealkylation sites (N-methyl/N-ethyl adjacent to an activating group) is 1. The predicted molar refractivity (Wildman–Crippen MR) is 120 cm³/mol. The molecule has 0 spiro atoms. The Morgan fingerprint density at radius 3 is 2.54 bits per heavy atom. The summed E-state index contributed by atoms with van der Waals surface area (Å²) in [7, 11) is 3.93. The number of hydrogen-bond acceptors (Lipinski definition) is 5. The number of para-hydroxylation sites is 1. The lowest BCUT2D eigenvalue weighted by Gasteiger charge is -2.22. The van der Waals surface area contributed by atoms with Crippen LogP contribution < -0.4 is 4.90 Å². The number of nitrogens with zero attached hydrogens (tertiary/aromatic N) is 3. The van der Waals surface area contributed by atoms with Crippen molar-refractivity contribution >= 4 is 56.8 Å². The van der Waals surface area contributed by atoms with Crippen LogP contribution in [0.15, 0.2) is 53.4 Å². The molecule has 4 nitrogen and oxygen atoms in total. The SMILES string of the molecule is CN(C)CCN(C(=O)CCSc1ccccc1)c1nc2c(F)cccc2s1.Cl. The molecule has 3 aromatic rings. The largest absolute Gasteiger partial charge is 0.308 e. The highest BCUT2D eigenvalue weighted by Gasteiger charge is 2.20. The highest BCUT2D eigenvalue weighted by Crippen LogP contribution is 2.31. The van der Waals surface area contributed by atoms with Gasteiger partial charge in [0.15, 0.2) is 5.13 Å².